The molecule has 0 aliphatic carbocycles. The molecule has 24 heavy (non-hydrogen) atoms. The van der Waals surface area contributed by atoms with E-state index in [0.29, 0.717) is 0 Å². The van der Waals surface area contributed by atoms with Gasteiger partial charge in [0, 0.05) is 18.0 Å². The zero-order valence-corrected chi connectivity index (χ0v) is 14.8. The molecule has 1 fully saturated rings. The first kappa shape index (κ1) is 17.2. The number of nitrogens with one attached hydrogen (secondary N) is 1. The molecule has 0 spiro atoms. The molecule has 2 nitrogen and oxygen atoms in total. The van der Waals surface area contributed by atoms with Crippen LogP contribution in [-0.4, -0.2) is 10.7 Å². The predicted octanol–water partition coefficient (Wildman–Crippen LogP) is 5.02. The molecule has 1 heterocycles. The molecule has 3 rings (SSSR count). The second kappa shape index (κ2) is 7.50. The van der Waals surface area contributed by atoms with Crippen molar-refractivity contribution < 1.29 is 5.11 Å². The molecule has 4 atom stereocenters. The first-order valence-corrected chi connectivity index (χ1v) is 9.26. The molecular formula is C22H29NO. The van der Waals surface area contributed by atoms with Gasteiger partial charge in [-0.3, -0.25) is 0 Å². The molecule has 2 heteroatoms. The van der Waals surface area contributed by atoms with Gasteiger partial charge in [-0.05, 0) is 30.4 Å². The number of piperidine rings is 1. The molecule has 2 aromatic rings. The van der Waals surface area contributed by atoms with Gasteiger partial charge >= 0.3 is 0 Å². The summed E-state index contributed by atoms with van der Waals surface area (Å²) in [6.45, 7) is 4.37. The van der Waals surface area contributed by atoms with E-state index in [2.05, 4.69) is 73.8 Å². The minimum Gasteiger partial charge on any atom is -0.389 e. The normalized spacial score (nSPS) is 30.2. The van der Waals surface area contributed by atoms with E-state index in [0.717, 1.165) is 25.7 Å². The van der Waals surface area contributed by atoms with Crippen LogP contribution in [0.3, 0.4) is 0 Å². The van der Waals surface area contributed by atoms with E-state index in [1.54, 1.807) is 0 Å². The number of benzene rings is 2. The first-order chi connectivity index (χ1) is 11.7. The van der Waals surface area contributed by atoms with E-state index in [1.807, 2.05) is 6.07 Å². The van der Waals surface area contributed by atoms with Crippen LogP contribution in [0.1, 0.15) is 62.7 Å². The fourth-order valence-electron chi connectivity index (χ4n) is 4.43. The van der Waals surface area contributed by atoms with Crippen molar-refractivity contribution in [3.05, 3.63) is 71.8 Å². The van der Waals surface area contributed by atoms with Crippen molar-refractivity contribution >= 4 is 0 Å². The smallest absolute Gasteiger partial charge is 0.0711 e. The maximum Gasteiger partial charge on any atom is 0.0711 e. The molecule has 2 aromatic carbocycles. The standard InChI is InChI=1S/C22H29NO/c1-3-15-22(24)16-20(17-11-7-5-8-12-17)23-21(19(22)4-2)18-13-9-6-10-14-18/h5-14,19-21,23-24H,3-4,15-16H2,1-2H3/t19-,20+,21-,22+/m0/s1. The Labute approximate surface area is 145 Å². The highest BCUT2D eigenvalue weighted by atomic mass is 16.3. The van der Waals surface area contributed by atoms with Gasteiger partial charge < -0.3 is 10.4 Å². The van der Waals surface area contributed by atoms with Crippen molar-refractivity contribution in [2.45, 2.75) is 57.2 Å². The lowest BCUT2D eigenvalue weighted by Crippen LogP contribution is -2.52. The summed E-state index contributed by atoms with van der Waals surface area (Å²) in [5.74, 6) is 0.236. The summed E-state index contributed by atoms with van der Waals surface area (Å²) in [6, 6.07) is 21.5. The van der Waals surface area contributed by atoms with Crippen LogP contribution in [-0.2, 0) is 0 Å². The molecule has 0 saturated carbocycles. The Morgan fingerprint density at radius 2 is 1.54 bits per heavy atom. The minimum absolute atomic E-state index is 0.187. The predicted molar refractivity (Wildman–Crippen MR) is 99.8 cm³/mol. The molecule has 1 aliphatic heterocycles. The second-order valence-electron chi connectivity index (χ2n) is 7.09. The highest BCUT2D eigenvalue weighted by Gasteiger charge is 2.46. The van der Waals surface area contributed by atoms with Crippen LogP contribution >= 0.6 is 0 Å². The van der Waals surface area contributed by atoms with E-state index in [4.69, 9.17) is 0 Å². The maximum absolute atomic E-state index is 11.6. The van der Waals surface area contributed by atoms with Gasteiger partial charge in [0.1, 0.15) is 0 Å². The van der Waals surface area contributed by atoms with Gasteiger partial charge in [0.15, 0.2) is 0 Å². The van der Waals surface area contributed by atoms with Gasteiger partial charge in [0.05, 0.1) is 5.60 Å². The number of aliphatic hydroxyl groups is 1. The Kier molecular flexibility index (Phi) is 5.37. The molecule has 128 valence electrons. The van der Waals surface area contributed by atoms with Gasteiger partial charge in [-0.15, -0.1) is 0 Å². The number of hydrogen-bond acceptors (Lipinski definition) is 2. The molecule has 0 amide bonds. The lowest BCUT2D eigenvalue weighted by molar-refractivity contribution is -0.0827. The summed E-state index contributed by atoms with van der Waals surface area (Å²) < 4.78 is 0. The van der Waals surface area contributed by atoms with E-state index >= 15 is 0 Å². The number of hydrogen-bond donors (Lipinski definition) is 2. The topological polar surface area (TPSA) is 32.3 Å². The lowest BCUT2D eigenvalue weighted by Gasteiger charge is -2.49. The van der Waals surface area contributed by atoms with Gasteiger partial charge in [0.2, 0.25) is 0 Å². The molecule has 1 saturated heterocycles. The van der Waals surface area contributed by atoms with E-state index in [-0.39, 0.29) is 18.0 Å². The highest BCUT2D eigenvalue weighted by Crippen LogP contribution is 2.46. The van der Waals surface area contributed by atoms with Crippen LogP contribution in [0, 0.1) is 5.92 Å². The van der Waals surface area contributed by atoms with Crippen molar-refractivity contribution in [1.82, 2.24) is 5.32 Å². The van der Waals surface area contributed by atoms with Crippen molar-refractivity contribution in [3.63, 3.8) is 0 Å². The summed E-state index contributed by atoms with van der Waals surface area (Å²) in [5.41, 5.74) is 1.93. The van der Waals surface area contributed by atoms with Gasteiger partial charge in [-0.2, -0.15) is 0 Å². The van der Waals surface area contributed by atoms with Crippen LogP contribution < -0.4 is 5.32 Å². The van der Waals surface area contributed by atoms with Gasteiger partial charge in [0.25, 0.3) is 0 Å². The molecule has 0 unspecified atom stereocenters. The Morgan fingerprint density at radius 1 is 0.958 bits per heavy atom. The zero-order chi connectivity index (χ0) is 17.0. The number of rotatable bonds is 5. The van der Waals surface area contributed by atoms with Crippen molar-refractivity contribution in [1.29, 1.82) is 0 Å². The molecule has 0 bridgehead atoms. The maximum atomic E-state index is 11.6. The third-order valence-corrected chi connectivity index (χ3v) is 5.51. The van der Waals surface area contributed by atoms with Crippen LogP contribution in [0.15, 0.2) is 60.7 Å². The van der Waals surface area contributed by atoms with Crippen molar-refractivity contribution in [3.8, 4) is 0 Å². The summed E-state index contributed by atoms with van der Waals surface area (Å²) in [7, 11) is 0. The second-order valence-corrected chi connectivity index (χ2v) is 7.09. The molecule has 1 aliphatic rings. The largest absolute Gasteiger partial charge is 0.389 e. The third kappa shape index (κ3) is 3.40. The van der Waals surface area contributed by atoms with Crippen molar-refractivity contribution in [2.75, 3.05) is 0 Å². The Hall–Kier alpha value is -1.64. The van der Waals surface area contributed by atoms with Crippen LogP contribution in [0.2, 0.25) is 0 Å². The van der Waals surface area contributed by atoms with E-state index < -0.39 is 5.60 Å². The Balaban J connectivity index is 1.98. The fraction of sp³-hybridized carbons (Fsp3) is 0.455. The van der Waals surface area contributed by atoms with Crippen molar-refractivity contribution in [2.24, 2.45) is 5.92 Å². The highest BCUT2D eigenvalue weighted by molar-refractivity contribution is 5.26. The Bertz CT molecular complexity index is 627. The average molecular weight is 323 g/mol. The molecule has 0 radical (unpaired) electrons. The Morgan fingerprint density at radius 3 is 2.08 bits per heavy atom. The first-order valence-electron chi connectivity index (χ1n) is 9.26. The SMILES string of the molecule is CCC[C@@]1(O)C[C@H](c2ccccc2)N[C@@H](c2ccccc2)[C@@H]1CC. The summed E-state index contributed by atoms with van der Waals surface area (Å²) in [4.78, 5) is 0. The lowest BCUT2D eigenvalue weighted by atomic mass is 9.68. The zero-order valence-electron chi connectivity index (χ0n) is 14.8. The van der Waals surface area contributed by atoms with Gasteiger partial charge in [-0.25, -0.2) is 0 Å². The fourth-order valence-corrected chi connectivity index (χ4v) is 4.43. The quantitative estimate of drug-likeness (QED) is 0.810. The summed E-state index contributed by atoms with van der Waals surface area (Å²) in [5, 5.41) is 15.4. The van der Waals surface area contributed by atoms with Crippen LogP contribution in [0.5, 0.6) is 0 Å². The average Bonchev–Trinajstić information content (AvgIpc) is 2.62. The third-order valence-electron chi connectivity index (χ3n) is 5.51. The monoisotopic (exact) mass is 323 g/mol. The molecular weight excluding hydrogens is 294 g/mol. The molecule has 2 N–H and O–H groups in total. The summed E-state index contributed by atoms with van der Waals surface area (Å²) in [6.07, 6.45) is 3.63. The molecule has 0 aromatic heterocycles. The minimum atomic E-state index is -0.615. The van der Waals surface area contributed by atoms with Gasteiger partial charge in [-0.1, -0.05) is 80.9 Å². The van der Waals surface area contributed by atoms with Crippen LogP contribution in [0.25, 0.3) is 0 Å². The van der Waals surface area contributed by atoms with Crippen LogP contribution in [0.4, 0.5) is 0 Å². The summed E-state index contributed by atoms with van der Waals surface area (Å²) >= 11 is 0. The van der Waals surface area contributed by atoms with E-state index in [1.165, 1.54) is 11.1 Å². The van der Waals surface area contributed by atoms with E-state index in [9.17, 15) is 5.11 Å².